The van der Waals surface area contributed by atoms with Crippen LogP contribution in [0.1, 0.15) is 58.4 Å². The number of hydrogen-bond acceptors (Lipinski definition) is 3. The monoisotopic (exact) mass is 520 g/mol. The Hall–Kier alpha value is -4.07. The van der Waals surface area contributed by atoms with E-state index in [-0.39, 0.29) is 12.0 Å². The third kappa shape index (κ3) is 5.30. The van der Waals surface area contributed by atoms with Gasteiger partial charge in [-0.2, -0.15) is 0 Å². The van der Waals surface area contributed by atoms with E-state index >= 15 is 4.39 Å². The molecule has 0 spiro atoms. The van der Waals surface area contributed by atoms with Gasteiger partial charge < -0.3 is 15.3 Å². The van der Waals surface area contributed by atoms with Gasteiger partial charge in [-0.1, -0.05) is 35.9 Å². The fourth-order valence-corrected chi connectivity index (χ4v) is 5.27. The van der Waals surface area contributed by atoms with Crippen LogP contribution < -0.4 is 5.32 Å². The Balaban J connectivity index is 1.71. The Morgan fingerprint density at radius 3 is 2.29 bits per heavy atom. The van der Waals surface area contributed by atoms with Crippen LogP contribution in [0.15, 0.2) is 54.6 Å². The highest BCUT2D eigenvalue weighted by molar-refractivity contribution is 5.98. The quantitative estimate of drug-likeness (QED) is 0.431. The van der Waals surface area contributed by atoms with Crippen molar-refractivity contribution in [2.24, 2.45) is 0 Å². The molecular weight excluding hydrogens is 490 g/mol. The van der Waals surface area contributed by atoms with Crippen molar-refractivity contribution in [2.45, 2.75) is 58.7 Å². The molecule has 1 saturated heterocycles. The summed E-state index contributed by atoms with van der Waals surface area (Å²) >= 11 is 0. The van der Waals surface area contributed by atoms with Crippen LogP contribution in [0.5, 0.6) is 0 Å². The number of carboxylic acids is 1. The number of halogens is 2. The second-order valence-corrected chi connectivity index (χ2v) is 9.96. The number of benzene rings is 3. The van der Waals surface area contributed by atoms with Crippen LogP contribution in [0.4, 0.5) is 8.78 Å². The summed E-state index contributed by atoms with van der Waals surface area (Å²) < 4.78 is 30.2. The molecule has 3 aromatic carbocycles. The summed E-state index contributed by atoms with van der Waals surface area (Å²) in [4.78, 5) is 39.4. The van der Waals surface area contributed by atoms with E-state index in [4.69, 9.17) is 0 Å². The average Bonchev–Trinajstić information content (AvgIpc) is 3.12. The molecule has 0 bridgehead atoms. The molecule has 0 aromatic heterocycles. The van der Waals surface area contributed by atoms with Gasteiger partial charge in [0.2, 0.25) is 5.91 Å². The minimum Gasteiger partial charge on any atom is -0.481 e. The second kappa shape index (κ2) is 10.7. The normalized spacial score (nSPS) is 17.9. The van der Waals surface area contributed by atoms with Crippen LogP contribution in [0.3, 0.4) is 0 Å². The maximum absolute atomic E-state index is 15.3. The Labute approximate surface area is 220 Å². The van der Waals surface area contributed by atoms with Crippen LogP contribution in [0.25, 0.3) is 11.1 Å². The Morgan fingerprint density at radius 2 is 1.68 bits per heavy atom. The summed E-state index contributed by atoms with van der Waals surface area (Å²) in [5.74, 6) is -4.57. The van der Waals surface area contributed by atoms with Gasteiger partial charge in [0.05, 0.1) is 12.5 Å². The van der Waals surface area contributed by atoms with Crippen molar-refractivity contribution in [1.82, 2.24) is 10.2 Å². The molecule has 2 amide bonds. The van der Waals surface area contributed by atoms with E-state index in [1.54, 1.807) is 31.2 Å². The van der Waals surface area contributed by atoms with E-state index in [0.29, 0.717) is 16.7 Å². The lowest BCUT2D eigenvalue weighted by Gasteiger charge is -2.32. The first kappa shape index (κ1) is 27.0. The van der Waals surface area contributed by atoms with Gasteiger partial charge in [0.1, 0.15) is 6.04 Å². The number of carbonyl (C=O) groups excluding carboxylic acids is 2. The average molecular weight is 521 g/mol. The molecule has 6 nitrogen and oxygen atoms in total. The number of hydrogen-bond donors (Lipinski definition) is 2. The summed E-state index contributed by atoms with van der Waals surface area (Å²) in [7, 11) is 0. The molecule has 1 heterocycles. The number of carbonyl (C=O) groups is 3. The zero-order valence-electron chi connectivity index (χ0n) is 21.7. The molecule has 1 aliphatic heterocycles. The standard InChI is InChI=1S/C30H30F2N2O4/c1-16-8-10-20(11-9-16)29(37)33-24-12-19(4)34(30(24)38)25(15-26(35)36)22-13-21(14-23(31)28(22)32)27-17(2)6-5-7-18(27)3/h5-11,13-14,19,24-25H,12,15H2,1-4H3,(H,33,37)(H,35,36)/t19?,24?,25-/m0/s1. The summed E-state index contributed by atoms with van der Waals surface area (Å²) in [6.07, 6.45) is -0.422. The Morgan fingerprint density at radius 1 is 1.05 bits per heavy atom. The van der Waals surface area contributed by atoms with Gasteiger partial charge in [-0.05, 0) is 80.6 Å². The van der Waals surface area contributed by atoms with Crippen molar-refractivity contribution in [3.8, 4) is 11.1 Å². The predicted octanol–water partition coefficient (Wildman–Crippen LogP) is 5.49. The summed E-state index contributed by atoms with van der Waals surface area (Å²) in [6, 6.07) is 12.2. The lowest BCUT2D eigenvalue weighted by atomic mass is 9.91. The first-order valence-electron chi connectivity index (χ1n) is 12.4. The van der Waals surface area contributed by atoms with Crippen LogP contribution >= 0.6 is 0 Å². The molecule has 0 saturated carbocycles. The van der Waals surface area contributed by atoms with Gasteiger partial charge in [-0.25, -0.2) is 8.78 Å². The fraction of sp³-hybridized carbons (Fsp3) is 0.300. The first-order valence-corrected chi connectivity index (χ1v) is 12.4. The molecule has 3 atom stereocenters. The molecule has 0 radical (unpaired) electrons. The van der Waals surface area contributed by atoms with Crippen LogP contribution in [0, 0.1) is 32.4 Å². The largest absolute Gasteiger partial charge is 0.481 e. The minimum atomic E-state index is -1.27. The Bertz CT molecular complexity index is 1380. The molecule has 2 N–H and O–H groups in total. The van der Waals surface area contributed by atoms with Gasteiger partial charge in [0, 0.05) is 17.2 Å². The van der Waals surface area contributed by atoms with Gasteiger partial charge in [0.25, 0.3) is 5.91 Å². The number of nitrogens with zero attached hydrogens (tertiary/aromatic N) is 1. The van der Waals surface area contributed by atoms with E-state index in [0.717, 1.165) is 22.8 Å². The molecule has 8 heteroatoms. The van der Waals surface area contributed by atoms with E-state index in [2.05, 4.69) is 5.32 Å². The van der Waals surface area contributed by atoms with Crippen molar-refractivity contribution >= 4 is 17.8 Å². The number of aliphatic carboxylic acids is 1. The first-order chi connectivity index (χ1) is 18.0. The Kier molecular flexibility index (Phi) is 7.62. The van der Waals surface area contributed by atoms with Gasteiger partial charge in [-0.15, -0.1) is 0 Å². The topological polar surface area (TPSA) is 86.7 Å². The van der Waals surface area contributed by atoms with Gasteiger partial charge in [-0.3, -0.25) is 14.4 Å². The molecule has 38 heavy (non-hydrogen) atoms. The highest BCUT2D eigenvalue weighted by Crippen LogP contribution is 2.38. The maximum atomic E-state index is 15.3. The summed E-state index contributed by atoms with van der Waals surface area (Å²) in [5.41, 5.74) is 3.95. The fourth-order valence-electron chi connectivity index (χ4n) is 5.27. The van der Waals surface area contributed by atoms with Crippen LogP contribution in [-0.4, -0.2) is 39.9 Å². The number of amides is 2. The zero-order valence-corrected chi connectivity index (χ0v) is 21.7. The lowest BCUT2D eigenvalue weighted by molar-refractivity contribution is -0.140. The number of rotatable bonds is 7. The molecule has 0 aliphatic carbocycles. The second-order valence-electron chi connectivity index (χ2n) is 9.96. The summed E-state index contributed by atoms with van der Waals surface area (Å²) in [6.45, 7) is 7.30. The number of nitrogens with one attached hydrogen (secondary N) is 1. The number of aryl methyl sites for hydroxylation is 3. The van der Waals surface area contributed by atoms with Crippen molar-refractivity contribution < 1.29 is 28.3 Å². The highest BCUT2D eigenvalue weighted by atomic mass is 19.2. The molecule has 198 valence electrons. The van der Waals surface area contributed by atoms with Crippen molar-refractivity contribution in [1.29, 1.82) is 0 Å². The minimum absolute atomic E-state index is 0.202. The summed E-state index contributed by atoms with van der Waals surface area (Å²) in [5, 5.41) is 12.4. The van der Waals surface area contributed by atoms with E-state index in [1.165, 1.54) is 11.0 Å². The van der Waals surface area contributed by atoms with Crippen molar-refractivity contribution in [3.63, 3.8) is 0 Å². The van der Waals surface area contributed by atoms with E-state index < -0.39 is 54.0 Å². The molecule has 2 unspecified atom stereocenters. The van der Waals surface area contributed by atoms with Gasteiger partial charge >= 0.3 is 5.97 Å². The number of likely N-dealkylation sites (tertiary alicyclic amines) is 1. The lowest BCUT2D eigenvalue weighted by Crippen LogP contribution is -2.43. The smallest absolute Gasteiger partial charge is 0.305 e. The van der Waals surface area contributed by atoms with E-state index in [9.17, 15) is 23.9 Å². The third-order valence-electron chi connectivity index (χ3n) is 7.11. The zero-order chi connectivity index (χ0) is 27.7. The van der Waals surface area contributed by atoms with Crippen molar-refractivity contribution in [2.75, 3.05) is 0 Å². The predicted molar refractivity (Wildman–Crippen MR) is 140 cm³/mol. The van der Waals surface area contributed by atoms with Crippen molar-refractivity contribution in [3.05, 3.63) is 94.0 Å². The molecule has 1 aliphatic rings. The SMILES string of the molecule is Cc1ccc(C(=O)NC2CC(C)N([C@@H](CC(=O)O)c3cc(-c4c(C)cccc4C)cc(F)c3F)C2=O)cc1. The van der Waals surface area contributed by atoms with Gasteiger partial charge in [0.15, 0.2) is 11.6 Å². The molecule has 1 fully saturated rings. The highest BCUT2D eigenvalue weighted by Gasteiger charge is 2.43. The molecule has 3 aromatic rings. The maximum Gasteiger partial charge on any atom is 0.305 e. The van der Waals surface area contributed by atoms with Crippen LogP contribution in [-0.2, 0) is 9.59 Å². The number of carboxylic acid groups (broad SMARTS) is 1. The van der Waals surface area contributed by atoms with E-state index in [1.807, 2.05) is 39.0 Å². The third-order valence-corrected chi connectivity index (χ3v) is 7.11. The molecule has 4 rings (SSSR count). The molecular formula is C30H30F2N2O4. The van der Waals surface area contributed by atoms with Crippen LogP contribution in [0.2, 0.25) is 0 Å².